The second kappa shape index (κ2) is 20.4. The monoisotopic (exact) mass is 656 g/mol. The van der Waals surface area contributed by atoms with Crippen LogP contribution in [0.25, 0.3) is 0 Å². The Morgan fingerprint density at radius 1 is 0.804 bits per heavy atom. The Bertz CT molecular complexity index is 1060. The van der Waals surface area contributed by atoms with Gasteiger partial charge in [0.05, 0.1) is 50.1 Å². The van der Waals surface area contributed by atoms with Crippen molar-refractivity contribution >= 4 is 13.2 Å². The number of unbranched alkanes of at least 4 members (excludes halogenated alkanes) is 4. The first kappa shape index (κ1) is 38.5. The lowest BCUT2D eigenvalue weighted by Gasteiger charge is -2.35. The fraction of sp³-hybridized carbons (Fsp3) is 0.667. The minimum Gasteiger partial charge on any atom is -0.549 e. The van der Waals surface area contributed by atoms with Crippen molar-refractivity contribution in [1.29, 1.82) is 0 Å². The van der Waals surface area contributed by atoms with Crippen LogP contribution in [0.15, 0.2) is 54.6 Å². The van der Waals surface area contributed by atoms with Gasteiger partial charge in [-0.25, -0.2) is 0 Å². The lowest BCUT2D eigenvalue weighted by molar-refractivity contribution is -0.309. The molecule has 2 aliphatic heterocycles. The SMILES string of the molecule is CC(CC(C(=O)[O-])c1ccccc1)(OCC1CO1)c1ccc(OCC2CO2)cc1.CCCC[P+](CCCC)(CCCC)CCCC. The zero-order valence-corrected chi connectivity index (χ0v) is 30.2. The lowest BCUT2D eigenvalue weighted by atomic mass is 9.82. The molecule has 46 heavy (non-hydrogen) atoms. The van der Waals surface area contributed by atoms with E-state index in [0.717, 1.165) is 17.9 Å². The molecule has 4 rings (SSSR count). The van der Waals surface area contributed by atoms with Crippen LogP contribution in [-0.4, -0.2) is 69.3 Å². The number of ether oxygens (including phenoxy) is 4. The maximum absolute atomic E-state index is 11.9. The minimum atomic E-state index is -1.11. The highest BCUT2D eigenvalue weighted by Crippen LogP contribution is 2.61. The molecule has 2 aromatic carbocycles. The zero-order valence-electron chi connectivity index (χ0n) is 29.3. The Morgan fingerprint density at radius 3 is 1.72 bits per heavy atom. The molecule has 2 aromatic rings. The van der Waals surface area contributed by atoms with Crippen molar-refractivity contribution in [3.05, 3.63) is 65.7 Å². The molecule has 7 heteroatoms. The average Bonchev–Trinajstić information content (AvgIpc) is 4.02. The molecule has 2 fully saturated rings. The van der Waals surface area contributed by atoms with Gasteiger partial charge in [-0.15, -0.1) is 0 Å². The van der Waals surface area contributed by atoms with Gasteiger partial charge in [-0.2, -0.15) is 0 Å². The summed E-state index contributed by atoms with van der Waals surface area (Å²) < 4.78 is 22.3. The van der Waals surface area contributed by atoms with Gasteiger partial charge in [0.1, 0.15) is 24.6 Å². The smallest absolute Gasteiger partial charge is 0.119 e. The van der Waals surface area contributed by atoms with E-state index in [1.165, 1.54) is 51.4 Å². The molecule has 0 spiro atoms. The summed E-state index contributed by atoms with van der Waals surface area (Å²) in [6.45, 7) is 13.7. The summed E-state index contributed by atoms with van der Waals surface area (Å²) in [5, 5.41) is 11.9. The van der Waals surface area contributed by atoms with E-state index >= 15 is 0 Å². The summed E-state index contributed by atoms with van der Waals surface area (Å²) in [6.07, 6.45) is 18.5. The summed E-state index contributed by atoms with van der Waals surface area (Å²) in [7, 11) is -0.562. The molecule has 0 N–H and O–H groups in total. The molecule has 0 amide bonds. The van der Waals surface area contributed by atoms with E-state index in [0.29, 0.717) is 25.4 Å². The number of carbonyl (C=O) groups excluding carboxylic acids is 1. The third-order valence-corrected chi connectivity index (χ3v) is 14.4. The van der Waals surface area contributed by atoms with E-state index < -0.39 is 24.8 Å². The first-order chi connectivity index (χ1) is 22.3. The standard InChI is InChI=1S/C23H26O6.C16H36P/c1-23(29-15-20-14-28-20,11-21(22(24)25)16-5-3-2-4-6-16)17-7-9-18(10-8-17)26-12-19-13-27-19;1-5-9-13-17(14-10-6-2,15-11-7-3)16-12-8-4/h2-10,19-21H,11-15H2,1H3,(H,24,25);5-16H2,1-4H3/q;+1/p-1. The van der Waals surface area contributed by atoms with Gasteiger partial charge in [0.25, 0.3) is 0 Å². The van der Waals surface area contributed by atoms with Crippen molar-refractivity contribution in [3.63, 3.8) is 0 Å². The van der Waals surface area contributed by atoms with Gasteiger partial charge in [0, 0.05) is 19.1 Å². The zero-order chi connectivity index (χ0) is 33.3. The maximum atomic E-state index is 11.9. The highest BCUT2D eigenvalue weighted by Gasteiger charge is 2.36. The maximum Gasteiger partial charge on any atom is 0.119 e. The van der Waals surface area contributed by atoms with Gasteiger partial charge in [-0.3, -0.25) is 0 Å². The molecule has 0 radical (unpaired) electrons. The second-order valence-corrected chi connectivity index (χ2v) is 17.9. The van der Waals surface area contributed by atoms with Crippen molar-refractivity contribution < 1.29 is 28.8 Å². The van der Waals surface area contributed by atoms with Crippen LogP contribution in [0.1, 0.15) is 109 Å². The highest BCUT2D eigenvalue weighted by molar-refractivity contribution is 7.75. The van der Waals surface area contributed by atoms with E-state index in [1.807, 2.05) is 61.5 Å². The summed E-state index contributed by atoms with van der Waals surface area (Å²) in [5.74, 6) is -1.15. The fourth-order valence-electron chi connectivity index (χ4n) is 6.02. The van der Waals surface area contributed by atoms with Crippen molar-refractivity contribution in [1.82, 2.24) is 0 Å². The van der Waals surface area contributed by atoms with Crippen LogP contribution >= 0.6 is 7.26 Å². The molecule has 0 aromatic heterocycles. The molecule has 2 saturated heterocycles. The van der Waals surface area contributed by atoms with Gasteiger partial charge in [-0.1, -0.05) is 95.8 Å². The predicted molar refractivity (Wildman–Crippen MR) is 190 cm³/mol. The van der Waals surface area contributed by atoms with Crippen molar-refractivity contribution in [2.75, 3.05) is 51.1 Å². The van der Waals surface area contributed by atoms with Crippen LogP contribution < -0.4 is 9.84 Å². The molecule has 0 aliphatic carbocycles. The quantitative estimate of drug-likeness (QED) is 0.0886. The molecule has 0 saturated carbocycles. The van der Waals surface area contributed by atoms with Gasteiger partial charge >= 0.3 is 0 Å². The number of hydrogen-bond donors (Lipinski definition) is 0. The number of carboxylic acids is 1. The first-order valence-corrected chi connectivity index (χ1v) is 20.5. The summed E-state index contributed by atoms with van der Waals surface area (Å²) >= 11 is 0. The van der Waals surface area contributed by atoms with E-state index in [2.05, 4.69) is 27.7 Å². The van der Waals surface area contributed by atoms with E-state index in [-0.39, 0.29) is 18.6 Å². The Balaban J connectivity index is 0.000000292. The predicted octanol–water partition coefficient (Wildman–Crippen LogP) is 8.22. The number of epoxide rings is 2. The summed E-state index contributed by atoms with van der Waals surface area (Å²) in [6, 6.07) is 16.7. The number of carboxylic acid groups (broad SMARTS) is 1. The Kier molecular flexibility index (Phi) is 17.1. The Labute approximate surface area is 280 Å². The number of aliphatic carboxylic acids is 1. The van der Waals surface area contributed by atoms with Gasteiger partial charge < -0.3 is 28.8 Å². The van der Waals surface area contributed by atoms with Gasteiger partial charge in [0.2, 0.25) is 0 Å². The lowest BCUT2D eigenvalue weighted by Crippen LogP contribution is -2.37. The van der Waals surface area contributed by atoms with Crippen LogP contribution in [0.5, 0.6) is 5.75 Å². The van der Waals surface area contributed by atoms with Crippen LogP contribution in [0.2, 0.25) is 0 Å². The second-order valence-electron chi connectivity index (χ2n) is 13.4. The molecule has 4 atom stereocenters. The van der Waals surface area contributed by atoms with Crippen LogP contribution in [0, 0.1) is 0 Å². The summed E-state index contributed by atoms with van der Waals surface area (Å²) in [4.78, 5) is 11.9. The van der Waals surface area contributed by atoms with E-state index in [4.69, 9.17) is 18.9 Å². The summed E-state index contributed by atoms with van der Waals surface area (Å²) in [5.41, 5.74) is 0.773. The molecule has 258 valence electrons. The number of benzene rings is 2. The Hall–Kier alpha value is -1.98. The molecular weight excluding hydrogens is 595 g/mol. The number of hydrogen-bond acceptors (Lipinski definition) is 6. The Morgan fingerprint density at radius 2 is 1.28 bits per heavy atom. The molecule has 4 unspecified atom stereocenters. The molecular formula is C39H61O6P. The largest absolute Gasteiger partial charge is 0.549 e. The molecule has 2 aliphatic rings. The normalized spacial score (nSPS) is 19.0. The third kappa shape index (κ3) is 13.6. The molecule has 2 heterocycles. The van der Waals surface area contributed by atoms with Crippen molar-refractivity contribution in [2.24, 2.45) is 0 Å². The highest BCUT2D eigenvalue weighted by atomic mass is 31.2. The minimum absolute atomic E-state index is 0.0774. The van der Waals surface area contributed by atoms with Crippen molar-refractivity contribution in [3.8, 4) is 5.75 Å². The van der Waals surface area contributed by atoms with Gasteiger partial charge in [-0.05, 0) is 62.3 Å². The molecule has 6 nitrogen and oxygen atoms in total. The van der Waals surface area contributed by atoms with Crippen LogP contribution in [0.4, 0.5) is 0 Å². The van der Waals surface area contributed by atoms with Crippen molar-refractivity contribution in [2.45, 2.75) is 116 Å². The van der Waals surface area contributed by atoms with E-state index in [1.54, 1.807) is 24.6 Å². The van der Waals surface area contributed by atoms with Crippen LogP contribution in [0.3, 0.4) is 0 Å². The average molecular weight is 657 g/mol. The van der Waals surface area contributed by atoms with Gasteiger partial charge in [0.15, 0.2) is 0 Å². The number of rotatable bonds is 23. The first-order valence-electron chi connectivity index (χ1n) is 18.0. The number of carbonyl (C=O) groups is 1. The fourth-order valence-corrected chi connectivity index (χ4v) is 11.3. The van der Waals surface area contributed by atoms with Crippen LogP contribution in [-0.2, 0) is 24.6 Å². The third-order valence-electron chi connectivity index (χ3n) is 9.32. The molecule has 0 bridgehead atoms. The van der Waals surface area contributed by atoms with E-state index in [9.17, 15) is 9.90 Å². The topological polar surface area (TPSA) is 83.7 Å².